The minimum absolute atomic E-state index is 0. The van der Waals surface area contributed by atoms with Gasteiger partial charge in [0.2, 0.25) is 5.91 Å². The summed E-state index contributed by atoms with van der Waals surface area (Å²) in [6.45, 7) is 7.89. The lowest BCUT2D eigenvalue weighted by molar-refractivity contribution is -0.123. The van der Waals surface area contributed by atoms with Crippen molar-refractivity contribution in [3.05, 3.63) is 58.9 Å². The van der Waals surface area contributed by atoms with Crippen molar-refractivity contribution in [3.8, 4) is 16.2 Å². The fourth-order valence-corrected chi connectivity index (χ4v) is 7.76. The summed E-state index contributed by atoms with van der Waals surface area (Å²) in [7, 11) is 4.95. The molecular weight excluding hydrogens is 649 g/mol. The molecule has 3 aromatic rings. The zero-order valence-corrected chi connectivity index (χ0v) is 31.9. The van der Waals surface area contributed by atoms with Crippen molar-refractivity contribution >= 4 is 29.2 Å². The highest BCUT2D eigenvalue weighted by atomic mass is 32.1. The number of ether oxygens (including phenoxy) is 3. The molecule has 1 aromatic carbocycles. The predicted molar refractivity (Wildman–Crippen MR) is 204 cm³/mol. The maximum Gasteiger partial charge on any atom is 0.407 e. The summed E-state index contributed by atoms with van der Waals surface area (Å²) < 4.78 is 14.9. The van der Waals surface area contributed by atoms with E-state index in [0.717, 1.165) is 84.7 Å². The van der Waals surface area contributed by atoms with Crippen LogP contribution in [0.1, 0.15) is 120 Å². The molecule has 3 fully saturated rings. The van der Waals surface area contributed by atoms with Crippen LogP contribution in [0.4, 0.5) is 10.6 Å². The van der Waals surface area contributed by atoms with Gasteiger partial charge < -0.3 is 19.5 Å². The molecule has 2 aromatic heterocycles. The first-order valence-corrected chi connectivity index (χ1v) is 19.3. The lowest BCUT2D eigenvalue weighted by atomic mass is 9.83. The number of methoxy groups -OCH3 is 2. The molecule has 0 bridgehead atoms. The van der Waals surface area contributed by atoms with Crippen LogP contribution in [-0.4, -0.2) is 62.5 Å². The molecule has 276 valence electrons. The normalized spacial score (nSPS) is 17.1. The summed E-state index contributed by atoms with van der Waals surface area (Å²) in [5, 5.41) is 3.86. The highest BCUT2D eigenvalue weighted by Crippen LogP contribution is 2.35. The van der Waals surface area contributed by atoms with Crippen molar-refractivity contribution in [2.75, 3.05) is 39.4 Å². The molecule has 3 heterocycles. The van der Waals surface area contributed by atoms with Gasteiger partial charge in [0.05, 0.1) is 24.1 Å². The highest BCUT2D eigenvalue weighted by Gasteiger charge is 2.25. The molecule has 1 saturated heterocycles. The number of amides is 2. The number of pyridine rings is 1. The summed E-state index contributed by atoms with van der Waals surface area (Å²) in [5.74, 6) is 3.32. The molecule has 9 nitrogen and oxygen atoms in total. The molecule has 50 heavy (non-hydrogen) atoms. The van der Waals surface area contributed by atoms with Crippen LogP contribution in [0.3, 0.4) is 0 Å². The molecule has 1 aliphatic heterocycles. The number of hydrogen-bond acceptors (Lipinski definition) is 8. The SMILES string of the molecule is CC(C)c1ncc(-c2ccnc(N(C)C(=O)C3CCCCC3)c2)s1.COC(=O)NC1CCOCC1.COc1ccc(C2CCCCC2)cc1C.[HH]. The molecule has 0 spiro atoms. The molecule has 2 amide bonds. The molecule has 6 rings (SSSR count). The number of anilines is 1. The van der Waals surface area contributed by atoms with Crippen molar-refractivity contribution in [3.63, 3.8) is 0 Å². The summed E-state index contributed by atoms with van der Waals surface area (Å²) in [4.78, 5) is 35.2. The van der Waals surface area contributed by atoms with E-state index in [1.54, 1.807) is 29.5 Å². The number of carbonyl (C=O) groups is 2. The first-order valence-electron chi connectivity index (χ1n) is 18.5. The van der Waals surface area contributed by atoms with Gasteiger partial charge in [0, 0.05) is 52.0 Å². The Hall–Kier alpha value is -3.50. The zero-order valence-electron chi connectivity index (χ0n) is 31.0. The number of benzene rings is 1. The lowest BCUT2D eigenvalue weighted by Crippen LogP contribution is -2.38. The van der Waals surface area contributed by atoms with Crippen molar-refractivity contribution in [2.24, 2.45) is 5.92 Å². The summed E-state index contributed by atoms with van der Waals surface area (Å²) >= 11 is 1.71. The second-order valence-electron chi connectivity index (χ2n) is 13.9. The van der Waals surface area contributed by atoms with Crippen LogP contribution in [0.15, 0.2) is 42.7 Å². The number of aryl methyl sites for hydroxylation is 1. The molecule has 10 heteroatoms. The van der Waals surface area contributed by atoms with Gasteiger partial charge in [-0.1, -0.05) is 64.5 Å². The van der Waals surface area contributed by atoms with Crippen LogP contribution in [0.25, 0.3) is 10.4 Å². The average molecular weight is 709 g/mol. The largest absolute Gasteiger partial charge is 0.496 e. The van der Waals surface area contributed by atoms with Crippen LogP contribution in [-0.2, 0) is 14.3 Å². The van der Waals surface area contributed by atoms with E-state index in [4.69, 9.17) is 9.47 Å². The van der Waals surface area contributed by atoms with Crippen LogP contribution in [0.2, 0.25) is 0 Å². The van der Waals surface area contributed by atoms with Gasteiger partial charge in [-0.25, -0.2) is 14.8 Å². The number of hydrogen-bond donors (Lipinski definition) is 1. The van der Waals surface area contributed by atoms with E-state index < -0.39 is 0 Å². The number of thiazole rings is 1. The number of carbonyl (C=O) groups excluding carboxylic acids is 2. The summed E-state index contributed by atoms with van der Waals surface area (Å²) in [5.41, 5.74) is 3.85. The fraction of sp³-hybridized carbons (Fsp3) is 0.600. The fourth-order valence-electron chi connectivity index (χ4n) is 6.84. The average Bonchev–Trinajstić information content (AvgIpc) is 3.67. The molecule has 2 aliphatic carbocycles. The Kier molecular flexibility index (Phi) is 16.0. The molecule has 1 N–H and O–H groups in total. The van der Waals surface area contributed by atoms with Gasteiger partial charge in [-0.2, -0.15) is 0 Å². The van der Waals surface area contributed by atoms with E-state index >= 15 is 0 Å². The first-order chi connectivity index (χ1) is 24.2. The Balaban J connectivity index is 0.000000223. The number of nitrogens with zero attached hydrogens (tertiary/aromatic N) is 3. The van der Waals surface area contributed by atoms with Gasteiger partial charge in [-0.3, -0.25) is 9.69 Å². The smallest absolute Gasteiger partial charge is 0.407 e. The topological polar surface area (TPSA) is 103 Å². The van der Waals surface area contributed by atoms with E-state index in [0.29, 0.717) is 5.92 Å². The van der Waals surface area contributed by atoms with Gasteiger partial charge >= 0.3 is 6.09 Å². The van der Waals surface area contributed by atoms with E-state index in [1.165, 1.54) is 56.8 Å². The predicted octanol–water partition coefficient (Wildman–Crippen LogP) is 9.69. The molecule has 3 aliphatic rings. The first kappa shape index (κ1) is 39.3. The van der Waals surface area contributed by atoms with Crippen molar-refractivity contribution in [1.82, 2.24) is 15.3 Å². The van der Waals surface area contributed by atoms with E-state index in [-0.39, 0.29) is 25.4 Å². The molecule has 2 saturated carbocycles. The Bertz CT molecular complexity index is 1480. The molecule has 0 atom stereocenters. The van der Waals surface area contributed by atoms with Gasteiger partial charge in [0.25, 0.3) is 0 Å². The summed E-state index contributed by atoms with van der Waals surface area (Å²) in [6.07, 6.45) is 17.7. The highest BCUT2D eigenvalue weighted by molar-refractivity contribution is 7.15. The standard InChI is InChI=1S/C19H25N3OS.C14H20O.C7H13NO3.H2/c1-13(2)18-21-12-16(24-18)15-9-10-20-17(11-15)22(3)19(23)14-7-5-4-6-8-14;1-11-10-13(8-9-14(11)15-2)12-6-4-3-5-7-12;1-10-7(9)8-6-2-4-11-5-3-6;/h9-14H,4-8H2,1-3H3;8-10,12H,3-7H2,1-2H3;6H,2-5H2,1H3,(H,8,9);1H. The quantitative estimate of drug-likeness (QED) is 0.261. The number of alkyl carbamates (subject to hydrolysis) is 1. The molecule has 0 unspecified atom stereocenters. The van der Waals surface area contributed by atoms with Gasteiger partial charge in [0.15, 0.2) is 0 Å². The van der Waals surface area contributed by atoms with E-state index in [1.807, 2.05) is 25.4 Å². The Morgan fingerprint density at radius 3 is 2.22 bits per heavy atom. The van der Waals surface area contributed by atoms with Gasteiger partial charge in [-0.05, 0) is 86.3 Å². The maximum atomic E-state index is 12.7. The van der Waals surface area contributed by atoms with E-state index in [9.17, 15) is 9.59 Å². The third-order valence-electron chi connectivity index (χ3n) is 9.90. The number of aromatic nitrogens is 2. The molecule has 0 radical (unpaired) electrons. The Morgan fingerprint density at radius 1 is 0.940 bits per heavy atom. The van der Waals surface area contributed by atoms with Gasteiger partial charge in [-0.15, -0.1) is 11.3 Å². The third-order valence-corrected chi connectivity index (χ3v) is 11.2. The maximum absolute atomic E-state index is 12.7. The molecular formula is C40H60N4O5S. The van der Waals surface area contributed by atoms with Crippen LogP contribution >= 0.6 is 11.3 Å². The Labute approximate surface area is 305 Å². The zero-order chi connectivity index (χ0) is 35.9. The number of rotatable bonds is 7. The van der Waals surface area contributed by atoms with E-state index in [2.05, 4.69) is 59.0 Å². The minimum Gasteiger partial charge on any atom is -0.496 e. The van der Waals surface area contributed by atoms with Crippen molar-refractivity contribution < 1.29 is 25.2 Å². The third kappa shape index (κ3) is 11.8. The number of nitrogens with one attached hydrogen (secondary N) is 1. The van der Waals surface area contributed by atoms with Crippen LogP contribution in [0.5, 0.6) is 5.75 Å². The second kappa shape index (κ2) is 20.4. The monoisotopic (exact) mass is 708 g/mol. The van der Waals surface area contributed by atoms with Crippen LogP contribution in [0, 0.1) is 12.8 Å². The van der Waals surface area contributed by atoms with Crippen molar-refractivity contribution in [1.29, 1.82) is 0 Å². The summed E-state index contributed by atoms with van der Waals surface area (Å²) in [6, 6.07) is 10.9. The lowest BCUT2D eigenvalue weighted by Gasteiger charge is -2.26. The second-order valence-corrected chi connectivity index (χ2v) is 15.0. The van der Waals surface area contributed by atoms with Crippen LogP contribution < -0.4 is 15.0 Å². The Morgan fingerprint density at radius 2 is 1.62 bits per heavy atom. The van der Waals surface area contributed by atoms with Crippen molar-refractivity contribution in [2.45, 2.75) is 116 Å². The minimum atomic E-state index is -0.350. The van der Waals surface area contributed by atoms with Gasteiger partial charge in [0.1, 0.15) is 11.6 Å².